The molecule has 1 amide bonds. The van der Waals surface area contributed by atoms with Gasteiger partial charge in [0, 0.05) is 12.1 Å². The molecule has 0 bridgehead atoms. The second-order valence-corrected chi connectivity index (χ2v) is 4.81. The molecule has 3 heteroatoms. The Labute approximate surface area is 91.3 Å². The number of carbonyl (C=O) groups excluding carboxylic acids is 1. The minimum Gasteiger partial charge on any atom is -0.350 e. The maximum Gasteiger partial charge on any atom is 0.244 e. The van der Waals surface area contributed by atoms with E-state index in [1.165, 1.54) is 18.4 Å². The lowest BCUT2D eigenvalue weighted by atomic mass is 9.87. The van der Waals surface area contributed by atoms with Crippen LogP contribution in [0.15, 0.2) is 11.6 Å². The third-order valence-corrected chi connectivity index (χ3v) is 3.30. The van der Waals surface area contributed by atoms with Crippen LogP contribution in [0.3, 0.4) is 0 Å². The summed E-state index contributed by atoms with van der Waals surface area (Å²) in [4.78, 5) is 11.3. The maximum atomic E-state index is 11.3. The summed E-state index contributed by atoms with van der Waals surface area (Å²) >= 11 is 0. The molecule has 2 aliphatic heterocycles. The van der Waals surface area contributed by atoms with Gasteiger partial charge in [0.2, 0.25) is 5.91 Å². The lowest BCUT2D eigenvalue weighted by Crippen LogP contribution is -2.36. The van der Waals surface area contributed by atoms with Gasteiger partial charge in [-0.15, -0.1) is 0 Å². The fourth-order valence-electron chi connectivity index (χ4n) is 2.57. The number of nitrogens with one attached hydrogen (secondary N) is 2. The van der Waals surface area contributed by atoms with E-state index in [2.05, 4.69) is 17.6 Å². The molecule has 2 heterocycles. The molecule has 0 spiro atoms. The summed E-state index contributed by atoms with van der Waals surface area (Å²) in [5.74, 6) is 0.883. The van der Waals surface area contributed by atoms with E-state index in [0.717, 1.165) is 31.8 Å². The molecular weight excluding hydrogens is 188 g/mol. The van der Waals surface area contributed by atoms with E-state index in [0.29, 0.717) is 6.04 Å². The first-order valence-electron chi connectivity index (χ1n) is 5.94. The summed E-state index contributed by atoms with van der Waals surface area (Å²) in [7, 11) is 0. The van der Waals surface area contributed by atoms with Gasteiger partial charge in [0.1, 0.15) is 0 Å². The molecule has 0 radical (unpaired) electrons. The molecule has 0 aromatic carbocycles. The summed E-state index contributed by atoms with van der Waals surface area (Å²) in [6.07, 6.45) is 6.48. The molecular formula is C12H20N2O. The van der Waals surface area contributed by atoms with Crippen molar-refractivity contribution in [2.45, 2.75) is 38.6 Å². The highest BCUT2D eigenvalue weighted by atomic mass is 16.1. The molecule has 2 rings (SSSR count). The third kappa shape index (κ3) is 3.06. The summed E-state index contributed by atoms with van der Waals surface area (Å²) in [6, 6.07) is 0.319. The van der Waals surface area contributed by atoms with E-state index in [-0.39, 0.29) is 5.91 Å². The molecule has 84 valence electrons. The monoisotopic (exact) mass is 208 g/mol. The fourth-order valence-corrected chi connectivity index (χ4v) is 2.57. The Kier molecular flexibility index (Phi) is 3.41. The fraction of sp³-hybridized carbons (Fsp3) is 0.750. The van der Waals surface area contributed by atoms with Crippen LogP contribution in [-0.4, -0.2) is 25.0 Å². The van der Waals surface area contributed by atoms with Gasteiger partial charge < -0.3 is 10.6 Å². The zero-order valence-electron chi connectivity index (χ0n) is 9.38. The second kappa shape index (κ2) is 4.79. The normalized spacial score (nSPS) is 28.5. The van der Waals surface area contributed by atoms with Gasteiger partial charge in [-0.1, -0.05) is 5.57 Å². The Morgan fingerprint density at radius 3 is 2.80 bits per heavy atom. The van der Waals surface area contributed by atoms with Gasteiger partial charge >= 0.3 is 0 Å². The number of amides is 1. The third-order valence-electron chi connectivity index (χ3n) is 3.30. The van der Waals surface area contributed by atoms with Crippen LogP contribution in [0.4, 0.5) is 0 Å². The minimum absolute atomic E-state index is 0.0951. The standard InChI is InChI=1S/C12H20N2O/c1-9-6-11(8-12(15)14-9)7-10-2-4-13-5-3-10/h8-10,13H,2-7H2,1H3,(H,14,15). The first-order valence-corrected chi connectivity index (χ1v) is 5.94. The predicted octanol–water partition coefficient (Wildman–Crippen LogP) is 1.21. The van der Waals surface area contributed by atoms with E-state index >= 15 is 0 Å². The average Bonchev–Trinajstić information content (AvgIpc) is 2.17. The zero-order valence-corrected chi connectivity index (χ0v) is 9.38. The van der Waals surface area contributed by atoms with Crippen molar-refractivity contribution in [2.24, 2.45) is 5.92 Å². The Morgan fingerprint density at radius 1 is 1.40 bits per heavy atom. The van der Waals surface area contributed by atoms with E-state index in [1.807, 2.05) is 6.08 Å². The van der Waals surface area contributed by atoms with Crippen molar-refractivity contribution >= 4 is 5.91 Å². The van der Waals surface area contributed by atoms with E-state index in [9.17, 15) is 4.79 Å². The Hall–Kier alpha value is -0.830. The zero-order chi connectivity index (χ0) is 10.7. The summed E-state index contributed by atoms with van der Waals surface area (Å²) in [6.45, 7) is 4.35. The van der Waals surface area contributed by atoms with Gasteiger partial charge in [-0.05, 0) is 51.6 Å². The second-order valence-electron chi connectivity index (χ2n) is 4.81. The van der Waals surface area contributed by atoms with Gasteiger partial charge in [-0.25, -0.2) is 0 Å². The molecule has 0 aromatic rings. The molecule has 0 aromatic heterocycles. The lowest BCUT2D eigenvalue weighted by Gasteiger charge is -2.26. The Morgan fingerprint density at radius 2 is 2.13 bits per heavy atom. The highest BCUT2D eigenvalue weighted by molar-refractivity contribution is 5.89. The molecule has 1 unspecified atom stereocenters. The van der Waals surface area contributed by atoms with Crippen molar-refractivity contribution in [1.29, 1.82) is 0 Å². The highest BCUT2D eigenvalue weighted by Crippen LogP contribution is 2.24. The van der Waals surface area contributed by atoms with Gasteiger partial charge in [0.25, 0.3) is 0 Å². The van der Waals surface area contributed by atoms with Crippen LogP contribution in [0.2, 0.25) is 0 Å². The van der Waals surface area contributed by atoms with Crippen LogP contribution in [0.1, 0.15) is 32.6 Å². The van der Waals surface area contributed by atoms with Crippen LogP contribution < -0.4 is 10.6 Å². The summed E-state index contributed by atoms with van der Waals surface area (Å²) in [5.41, 5.74) is 1.35. The molecule has 1 saturated heterocycles. The highest BCUT2D eigenvalue weighted by Gasteiger charge is 2.20. The quantitative estimate of drug-likeness (QED) is 0.716. The van der Waals surface area contributed by atoms with E-state index in [4.69, 9.17) is 0 Å². The number of piperidine rings is 1. The molecule has 0 aliphatic carbocycles. The van der Waals surface area contributed by atoms with E-state index < -0.39 is 0 Å². The maximum absolute atomic E-state index is 11.3. The van der Waals surface area contributed by atoms with Crippen LogP contribution >= 0.6 is 0 Å². The topological polar surface area (TPSA) is 41.1 Å². The Balaban J connectivity index is 1.89. The number of carbonyl (C=O) groups is 1. The van der Waals surface area contributed by atoms with E-state index in [1.54, 1.807) is 0 Å². The first-order chi connectivity index (χ1) is 7.24. The van der Waals surface area contributed by atoms with Gasteiger partial charge in [-0.2, -0.15) is 0 Å². The van der Waals surface area contributed by atoms with Crippen molar-refractivity contribution in [1.82, 2.24) is 10.6 Å². The van der Waals surface area contributed by atoms with Crippen molar-refractivity contribution in [2.75, 3.05) is 13.1 Å². The number of hydrogen-bond acceptors (Lipinski definition) is 2. The van der Waals surface area contributed by atoms with Crippen LogP contribution in [0.5, 0.6) is 0 Å². The number of rotatable bonds is 2. The van der Waals surface area contributed by atoms with Gasteiger partial charge in [-0.3, -0.25) is 4.79 Å². The molecule has 1 fully saturated rings. The molecule has 2 aliphatic rings. The van der Waals surface area contributed by atoms with Crippen molar-refractivity contribution in [3.8, 4) is 0 Å². The van der Waals surface area contributed by atoms with Crippen LogP contribution in [-0.2, 0) is 4.79 Å². The number of hydrogen-bond donors (Lipinski definition) is 2. The Bertz CT molecular complexity index is 267. The van der Waals surface area contributed by atoms with Gasteiger partial charge in [0.05, 0.1) is 0 Å². The van der Waals surface area contributed by atoms with Crippen molar-refractivity contribution in [3.05, 3.63) is 11.6 Å². The minimum atomic E-state index is 0.0951. The molecule has 0 saturated carbocycles. The van der Waals surface area contributed by atoms with Crippen LogP contribution in [0, 0.1) is 5.92 Å². The van der Waals surface area contributed by atoms with Crippen molar-refractivity contribution < 1.29 is 4.79 Å². The molecule has 1 atom stereocenters. The summed E-state index contributed by atoms with van der Waals surface area (Å²) < 4.78 is 0. The first kappa shape index (κ1) is 10.7. The predicted molar refractivity (Wildman–Crippen MR) is 60.5 cm³/mol. The lowest BCUT2D eigenvalue weighted by molar-refractivity contribution is -0.117. The molecule has 15 heavy (non-hydrogen) atoms. The largest absolute Gasteiger partial charge is 0.350 e. The molecule has 3 nitrogen and oxygen atoms in total. The molecule has 2 N–H and O–H groups in total. The van der Waals surface area contributed by atoms with Gasteiger partial charge in [0.15, 0.2) is 0 Å². The average molecular weight is 208 g/mol. The smallest absolute Gasteiger partial charge is 0.244 e. The van der Waals surface area contributed by atoms with Crippen molar-refractivity contribution in [3.63, 3.8) is 0 Å². The van der Waals surface area contributed by atoms with Crippen LogP contribution in [0.25, 0.3) is 0 Å². The SMILES string of the molecule is CC1CC(CC2CCNCC2)=CC(=O)N1. The summed E-state index contributed by atoms with van der Waals surface area (Å²) in [5, 5.41) is 6.29.